The van der Waals surface area contributed by atoms with Crippen LogP contribution in [-0.4, -0.2) is 37.8 Å². The minimum atomic E-state index is -0.516. The molecule has 0 unspecified atom stereocenters. The van der Waals surface area contributed by atoms with E-state index in [9.17, 15) is 14.7 Å². The van der Waals surface area contributed by atoms with E-state index in [1.807, 2.05) is 31.2 Å². The first-order valence-electron chi connectivity index (χ1n) is 9.19. The van der Waals surface area contributed by atoms with Crippen LogP contribution in [0.2, 0.25) is 0 Å². The zero-order valence-corrected chi connectivity index (χ0v) is 16.4. The molecular formula is C22H21NO6. The maximum Gasteiger partial charge on any atom is 0.336 e. The zero-order valence-electron chi connectivity index (χ0n) is 16.4. The van der Waals surface area contributed by atoms with Gasteiger partial charge in [-0.2, -0.15) is 0 Å². The molecule has 0 spiro atoms. The smallest absolute Gasteiger partial charge is 0.336 e. The highest BCUT2D eigenvalue weighted by Gasteiger charge is 2.43. The minimum absolute atomic E-state index is 0.0383. The summed E-state index contributed by atoms with van der Waals surface area (Å²) < 4.78 is 15.7. The van der Waals surface area contributed by atoms with Gasteiger partial charge >= 0.3 is 5.97 Å². The summed E-state index contributed by atoms with van der Waals surface area (Å²) in [5.74, 6) is -0.812. The summed E-state index contributed by atoms with van der Waals surface area (Å²) in [5, 5.41) is 10.2. The molecule has 1 N–H and O–H groups in total. The number of benzene rings is 2. The van der Waals surface area contributed by atoms with Gasteiger partial charge in [-0.25, -0.2) is 4.79 Å². The fourth-order valence-corrected chi connectivity index (χ4v) is 3.85. The average molecular weight is 395 g/mol. The van der Waals surface area contributed by atoms with Crippen molar-refractivity contribution in [2.45, 2.75) is 19.3 Å². The number of aryl methyl sites for hydroxylation is 1. The summed E-state index contributed by atoms with van der Waals surface area (Å²) in [6.07, 6.45) is 0.0822. The Morgan fingerprint density at radius 1 is 1.07 bits per heavy atom. The predicted molar refractivity (Wildman–Crippen MR) is 105 cm³/mol. The summed E-state index contributed by atoms with van der Waals surface area (Å²) in [6.45, 7) is 2.01. The van der Waals surface area contributed by atoms with Gasteiger partial charge in [0.2, 0.25) is 11.7 Å². The Hall–Kier alpha value is -3.48. The second-order valence-corrected chi connectivity index (χ2v) is 7.03. The highest BCUT2D eigenvalue weighted by molar-refractivity contribution is 6.06. The molecule has 0 radical (unpaired) electrons. The summed E-state index contributed by atoms with van der Waals surface area (Å²) >= 11 is 0. The summed E-state index contributed by atoms with van der Waals surface area (Å²) in [4.78, 5) is 27.2. The van der Waals surface area contributed by atoms with Crippen molar-refractivity contribution in [3.05, 3.63) is 58.8 Å². The van der Waals surface area contributed by atoms with Crippen molar-refractivity contribution in [1.29, 1.82) is 0 Å². The van der Waals surface area contributed by atoms with Crippen LogP contribution in [0.25, 0.3) is 0 Å². The van der Waals surface area contributed by atoms with Gasteiger partial charge in [0.15, 0.2) is 11.5 Å². The summed E-state index contributed by atoms with van der Waals surface area (Å²) in [6, 6.07) is 10.8. The highest BCUT2D eigenvalue weighted by Crippen LogP contribution is 2.46. The molecule has 4 rings (SSSR count). The number of phenolic OH excluding ortho intramolecular Hbond substituents is 1. The molecule has 2 aromatic rings. The second-order valence-electron chi connectivity index (χ2n) is 7.03. The van der Waals surface area contributed by atoms with E-state index in [4.69, 9.17) is 14.2 Å². The van der Waals surface area contributed by atoms with Crippen molar-refractivity contribution in [2.75, 3.05) is 25.7 Å². The van der Waals surface area contributed by atoms with E-state index in [0.29, 0.717) is 22.5 Å². The molecule has 7 heteroatoms. The number of hydrogen-bond acceptors (Lipinski definition) is 6. The molecule has 1 amide bonds. The van der Waals surface area contributed by atoms with E-state index in [-0.39, 0.29) is 36.2 Å². The van der Waals surface area contributed by atoms with E-state index >= 15 is 0 Å². The number of carbonyl (C=O) groups excluding carboxylic acids is 2. The fourth-order valence-electron chi connectivity index (χ4n) is 3.85. The Balaban J connectivity index is 1.84. The molecule has 0 aliphatic carbocycles. The first-order chi connectivity index (χ1) is 13.9. The molecule has 0 bridgehead atoms. The number of nitrogens with zero attached hydrogens (tertiary/aromatic N) is 1. The lowest BCUT2D eigenvalue weighted by Crippen LogP contribution is -2.37. The molecule has 7 nitrogen and oxygen atoms in total. The van der Waals surface area contributed by atoms with Crippen LogP contribution in [0.15, 0.2) is 47.7 Å². The summed E-state index contributed by atoms with van der Waals surface area (Å²) in [7, 11) is 2.86. The molecule has 29 heavy (non-hydrogen) atoms. The van der Waals surface area contributed by atoms with E-state index in [2.05, 4.69) is 0 Å². The van der Waals surface area contributed by atoms with Gasteiger partial charge < -0.3 is 19.3 Å². The van der Waals surface area contributed by atoms with Crippen LogP contribution in [0.1, 0.15) is 23.5 Å². The number of aromatic hydroxyl groups is 1. The molecule has 0 aromatic heterocycles. The second kappa shape index (κ2) is 7.16. The largest absolute Gasteiger partial charge is 0.502 e. The van der Waals surface area contributed by atoms with Crippen LogP contribution in [0.5, 0.6) is 17.2 Å². The van der Waals surface area contributed by atoms with Crippen LogP contribution in [-0.2, 0) is 14.3 Å². The van der Waals surface area contributed by atoms with E-state index in [0.717, 1.165) is 5.56 Å². The third kappa shape index (κ3) is 3.08. The summed E-state index contributed by atoms with van der Waals surface area (Å²) in [5.41, 5.74) is 3.41. The first-order valence-corrected chi connectivity index (χ1v) is 9.19. The lowest BCUT2D eigenvalue weighted by Gasteiger charge is -2.32. The molecule has 0 saturated heterocycles. The maximum atomic E-state index is 13.1. The number of ether oxygens (including phenoxy) is 3. The van der Waals surface area contributed by atoms with Crippen molar-refractivity contribution in [1.82, 2.24) is 0 Å². The number of phenols is 1. The molecule has 2 heterocycles. The van der Waals surface area contributed by atoms with Crippen molar-refractivity contribution in [2.24, 2.45) is 0 Å². The van der Waals surface area contributed by atoms with Gasteiger partial charge in [0.05, 0.1) is 25.5 Å². The zero-order chi connectivity index (χ0) is 20.7. The lowest BCUT2D eigenvalue weighted by atomic mass is 9.83. The Kier molecular flexibility index (Phi) is 4.66. The van der Waals surface area contributed by atoms with Gasteiger partial charge in [0, 0.05) is 18.0 Å². The number of cyclic esters (lactones) is 1. The molecule has 0 saturated carbocycles. The van der Waals surface area contributed by atoms with Gasteiger partial charge in [-0.15, -0.1) is 0 Å². The minimum Gasteiger partial charge on any atom is -0.502 e. The molecule has 2 aliphatic heterocycles. The number of anilines is 1. The van der Waals surface area contributed by atoms with E-state index < -0.39 is 11.9 Å². The third-order valence-corrected chi connectivity index (χ3v) is 5.31. The Bertz CT molecular complexity index is 999. The molecule has 2 aromatic carbocycles. The molecule has 1 atom stereocenters. The highest BCUT2D eigenvalue weighted by atomic mass is 16.5. The number of esters is 1. The average Bonchev–Trinajstić information content (AvgIpc) is 3.10. The predicted octanol–water partition coefficient (Wildman–Crippen LogP) is 3.05. The Morgan fingerprint density at radius 3 is 2.28 bits per heavy atom. The maximum absolute atomic E-state index is 13.1. The first kappa shape index (κ1) is 18.9. The van der Waals surface area contributed by atoms with Gasteiger partial charge in [0.25, 0.3) is 0 Å². The monoisotopic (exact) mass is 395 g/mol. The molecule has 150 valence electrons. The number of rotatable bonds is 4. The van der Waals surface area contributed by atoms with Gasteiger partial charge in [-0.1, -0.05) is 17.7 Å². The lowest BCUT2D eigenvalue weighted by molar-refractivity contribution is -0.136. The van der Waals surface area contributed by atoms with E-state index in [1.54, 1.807) is 17.0 Å². The quantitative estimate of drug-likeness (QED) is 0.801. The van der Waals surface area contributed by atoms with Gasteiger partial charge in [0.1, 0.15) is 6.61 Å². The Labute approximate surface area is 168 Å². The number of methoxy groups -OCH3 is 2. The van der Waals surface area contributed by atoms with E-state index in [1.165, 1.54) is 14.2 Å². The van der Waals surface area contributed by atoms with Crippen LogP contribution >= 0.6 is 0 Å². The molecule has 0 fully saturated rings. The van der Waals surface area contributed by atoms with Crippen molar-refractivity contribution >= 4 is 17.6 Å². The SMILES string of the molecule is COc1cc([C@H]2CC(=O)N(c3ccc(C)cc3)C3=C2C(=O)OC3)cc(OC)c1O. The fraction of sp³-hybridized carbons (Fsp3) is 0.273. The number of hydrogen-bond donors (Lipinski definition) is 1. The van der Waals surface area contributed by atoms with Crippen LogP contribution in [0.4, 0.5) is 5.69 Å². The van der Waals surface area contributed by atoms with Crippen molar-refractivity contribution in [3.63, 3.8) is 0 Å². The number of carbonyl (C=O) groups is 2. The third-order valence-electron chi connectivity index (χ3n) is 5.31. The van der Waals surface area contributed by atoms with Crippen LogP contribution < -0.4 is 14.4 Å². The Morgan fingerprint density at radius 2 is 1.69 bits per heavy atom. The standard InChI is InChI=1S/C22H21NO6/c1-12-4-6-14(7-5-12)23-16-11-29-22(26)20(16)15(10-19(23)24)13-8-17(27-2)21(25)18(9-13)28-3/h4-9,15,25H,10-11H2,1-3H3/t15-/m1/s1. The normalized spacial score (nSPS) is 18.6. The van der Waals surface area contributed by atoms with Gasteiger partial charge in [-0.05, 0) is 36.8 Å². The van der Waals surface area contributed by atoms with Crippen molar-refractivity contribution < 1.29 is 28.9 Å². The molecule has 2 aliphatic rings. The van der Waals surface area contributed by atoms with Crippen LogP contribution in [0, 0.1) is 6.92 Å². The number of amides is 1. The van der Waals surface area contributed by atoms with Gasteiger partial charge in [-0.3, -0.25) is 9.69 Å². The van der Waals surface area contributed by atoms with Crippen molar-refractivity contribution in [3.8, 4) is 17.2 Å². The molecular weight excluding hydrogens is 374 g/mol. The topological polar surface area (TPSA) is 85.3 Å². The van der Waals surface area contributed by atoms with Crippen LogP contribution in [0.3, 0.4) is 0 Å².